The molecular formula is C16H17N3O7S2. The molecule has 0 saturated carbocycles. The minimum Gasteiger partial charge on any atom is -0.394 e. The first kappa shape index (κ1) is 20.6. The van der Waals surface area contributed by atoms with Crippen LogP contribution in [0.3, 0.4) is 0 Å². The topological polar surface area (TPSA) is 148 Å². The van der Waals surface area contributed by atoms with Gasteiger partial charge in [-0.1, -0.05) is 21.6 Å². The maximum atomic E-state index is 12.1. The van der Waals surface area contributed by atoms with Gasteiger partial charge in [0.2, 0.25) is 0 Å². The zero-order chi connectivity index (χ0) is 20.5. The molecule has 150 valence electrons. The summed E-state index contributed by atoms with van der Waals surface area (Å²) in [5.74, 6) is 0. The van der Waals surface area contributed by atoms with Gasteiger partial charge >= 0.3 is 5.69 Å². The van der Waals surface area contributed by atoms with E-state index in [1.54, 1.807) is 19.1 Å². The maximum Gasteiger partial charge on any atom is 0.330 e. The van der Waals surface area contributed by atoms with Crippen LogP contribution in [-0.4, -0.2) is 42.3 Å². The van der Waals surface area contributed by atoms with Gasteiger partial charge in [-0.3, -0.25) is 24.5 Å². The minimum absolute atomic E-state index is 0.00569. The number of rotatable bonds is 6. The predicted octanol–water partition coefficient (Wildman–Crippen LogP) is 1.16. The first-order chi connectivity index (χ1) is 13.2. The molecule has 0 unspecified atom stereocenters. The van der Waals surface area contributed by atoms with Gasteiger partial charge in [-0.25, -0.2) is 4.79 Å². The Hall–Kier alpha value is -2.12. The third kappa shape index (κ3) is 4.15. The summed E-state index contributed by atoms with van der Waals surface area (Å²) >= 11 is 0. The van der Waals surface area contributed by atoms with E-state index in [9.17, 15) is 29.9 Å². The third-order valence-electron chi connectivity index (χ3n) is 4.24. The molecule has 3 N–H and O–H groups in total. The number of nitrogens with one attached hydrogen (secondary N) is 1. The normalized spacial score (nSPS) is 24.4. The summed E-state index contributed by atoms with van der Waals surface area (Å²) in [6.45, 7) is 1.07. The Morgan fingerprint density at radius 1 is 1.39 bits per heavy atom. The Morgan fingerprint density at radius 2 is 2.07 bits per heavy atom. The lowest BCUT2D eigenvalue weighted by atomic mass is 10.2. The molecule has 0 bridgehead atoms. The molecule has 1 aliphatic heterocycles. The molecule has 1 aliphatic rings. The summed E-state index contributed by atoms with van der Waals surface area (Å²) in [6, 6.07) is 5.81. The van der Waals surface area contributed by atoms with Gasteiger partial charge in [0.25, 0.3) is 11.2 Å². The number of aliphatic hydroxyl groups is 2. The van der Waals surface area contributed by atoms with Crippen LogP contribution in [0.15, 0.2) is 44.9 Å². The molecule has 0 amide bonds. The zero-order valence-electron chi connectivity index (χ0n) is 14.6. The van der Waals surface area contributed by atoms with E-state index in [-0.39, 0.29) is 12.1 Å². The lowest BCUT2D eigenvalue weighted by Crippen LogP contribution is -2.36. The smallest absolute Gasteiger partial charge is 0.330 e. The van der Waals surface area contributed by atoms with Crippen molar-refractivity contribution in [2.24, 2.45) is 0 Å². The molecule has 1 fully saturated rings. The van der Waals surface area contributed by atoms with Crippen LogP contribution >= 0.6 is 21.6 Å². The molecular weight excluding hydrogens is 410 g/mol. The van der Waals surface area contributed by atoms with E-state index in [0.29, 0.717) is 10.5 Å². The lowest BCUT2D eigenvalue weighted by Gasteiger charge is -2.25. The lowest BCUT2D eigenvalue weighted by molar-refractivity contribution is -0.384. The standard InChI is InChI=1S/C16H17N3O7S2/c1-9-7-18(15(22)17-14(9)21)13-6-16(23,12(8-20)26-13)28-27-11-4-2-10(3-5-11)19(24)25/h2-5,7,12-13,20,23H,6,8H2,1H3,(H,17,21,22)/t12-,13-,16-/m1/s1. The molecule has 10 nitrogen and oxygen atoms in total. The molecule has 2 heterocycles. The molecule has 0 aliphatic carbocycles. The fraction of sp³-hybridized carbons (Fsp3) is 0.375. The van der Waals surface area contributed by atoms with Gasteiger partial charge in [-0.2, -0.15) is 0 Å². The number of aromatic amines is 1. The number of aryl methyl sites for hydroxylation is 1. The number of aromatic nitrogens is 2. The van der Waals surface area contributed by atoms with E-state index in [0.717, 1.165) is 10.8 Å². The van der Waals surface area contributed by atoms with Crippen molar-refractivity contribution in [3.05, 3.63) is 67.0 Å². The molecule has 1 saturated heterocycles. The fourth-order valence-corrected chi connectivity index (χ4v) is 5.22. The van der Waals surface area contributed by atoms with Crippen molar-refractivity contribution in [2.75, 3.05) is 6.61 Å². The molecule has 0 radical (unpaired) electrons. The Kier molecular flexibility index (Phi) is 5.95. The first-order valence-electron chi connectivity index (χ1n) is 8.14. The van der Waals surface area contributed by atoms with Crippen molar-refractivity contribution < 1.29 is 19.9 Å². The number of non-ortho nitro benzene ring substituents is 1. The Balaban J connectivity index is 1.77. The number of aliphatic hydroxyl groups excluding tert-OH is 1. The van der Waals surface area contributed by atoms with E-state index >= 15 is 0 Å². The number of benzene rings is 1. The van der Waals surface area contributed by atoms with E-state index < -0.39 is 40.0 Å². The van der Waals surface area contributed by atoms with Gasteiger partial charge in [-0.05, 0) is 19.1 Å². The van der Waals surface area contributed by atoms with Crippen molar-refractivity contribution in [3.8, 4) is 0 Å². The fourth-order valence-electron chi connectivity index (χ4n) is 2.71. The molecule has 3 rings (SSSR count). The van der Waals surface area contributed by atoms with Crippen LogP contribution in [-0.2, 0) is 4.74 Å². The largest absolute Gasteiger partial charge is 0.394 e. The van der Waals surface area contributed by atoms with Gasteiger partial charge in [0, 0.05) is 35.2 Å². The van der Waals surface area contributed by atoms with Gasteiger partial charge in [-0.15, -0.1) is 0 Å². The molecule has 2 aromatic rings. The van der Waals surface area contributed by atoms with Crippen LogP contribution in [0.4, 0.5) is 5.69 Å². The average molecular weight is 427 g/mol. The van der Waals surface area contributed by atoms with Crippen LogP contribution < -0.4 is 11.2 Å². The number of nitro groups is 1. The molecule has 1 aromatic carbocycles. The van der Waals surface area contributed by atoms with Crippen molar-refractivity contribution in [1.29, 1.82) is 0 Å². The molecule has 12 heteroatoms. The quantitative estimate of drug-likeness (QED) is 0.267. The van der Waals surface area contributed by atoms with E-state index in [4.69, 9.17) is 4.74 Å². The number of hydrogen-bond donors (Lipinski definition) is 3. The molecule has 0 spiro atoms. The summed E-state index contributed by atoms with van der Waals surface area (Å²) in [5, 5.41) is 31.3. The van der Waals surface area contributed by atoms with Crippen molar-refractivity contribution in [2.45, 2.75) is 35.5 Å². The average Bonchev–Trinajstić information content (AvgIpc) is 3.00. The van der Waals surface area contributed by atoms with Crippen molar-refractivity contribution in [1.82, 2.24) is 9.55 Å². The maximum absolute atomic E-state index is 12.1. The zero-order valence-corrected chi connectivity index (χ0v) is 16.2. The molecule has 1 aromatic heterocycles. The van der Waals surface area contributed by atoms with Crippen molar-refractivity contribution >= 4 is 27.3 Å². The Labute approximate surface area is 166 Å². The molecule has 28 heavy (non-hydrogen) atoms. The van der Waals surface area contributed by atoms with Crippen LogP contribution in [0, 0.1) is 17.0 Å². The monoisotopic (exact) mass is 427 g/mol. The van der Waals surface area contributed by atoms with Gasteiger partial charge in [0.15, 0.2) is 4.93 Å². The summed E-state index contributed by atoms with van der Waals surface area (Å²) < 4.78 is 6.82. The van der Waals surface area contributed by atoms with E-state index in [2.05, 4.69) is 4.98 Å². The second-order valence-corrected chi connectivity index (χ2v) is 8.72. The van der Waals surface area contributed by atoms with Gasteiger partial charge in [0.1, 0.15) is 12.3 Å². The summed E-state index contributed by atoms with van der Waals surface area (Å²) in [5.41, 5.74) is -0.906. The van der Waals surface area contributed by atoms with Crippen LogP contribution in [0.25, 0.3) is 0 Å². The number of ether oxygens (including phenoxy) is 1. The first-order valence-corrected chi connectivity index (χ1v) is 10.3. The second-order valence-electron chi connectivity index (χ2n) is 6.21. The number of hydrogen-bond acceptors (Lipinski definition) is 9. The van der Waals surface area contributed by atoms with Crippen LogP contribution in [0.2, 0.25) is 0 Å². The van der Waals surface area contributed by atoms with Gasteiger partial charge < -0.3 is 14.9 Å². The SMILES string of the molecule is Cc1cn([C@H]2C[C@@](O)(SSc3ccc([N+](=O)[O-])cc3)[C@@H](CO)O2)c(=O)[nH]c1=O. The number of H-pyrrole nitrogens is 1. The second kappa shape index (κ2) is 8.09. The Morgan fingerprint density at radius 3 is 2.68 bits per heavy atom. The van der Waals surface area contributed by atoms with E-state index in [1.807, 2.05) is 0 Å². The van der Waals surface area contributed by atoms with Crippen LogP contribution in [0.1, 0.15) is 18.2 Å². The molecule has 3 atom stereocenters. The number of nitro benzene ring substituents is 1. The van der Waals surface area contributed by atoms with Gasteiger partial charge in [0.05, 0.1) is 11.5 Å². The highest BCUT2D eigenvalue weighted by molar-refractivity contribution is 8.77. The van der Waals surface area contributed by atoms with E-state index in [1.165, 1.54) is 33.7 Å². The highest BCUT2D eigenvalue weighted by Crippen LogP contribution is 2.50. The number of nitrogens with zero attached hydrogens (tertiary/aromatic N) is 2. The van der Waals surface area contributed by atoms with Crippen molar-refractivity contribution in [3.63, 3.8) is 0 Å². The predicted molar refractivity (Wildman–Crippen MR) is 103 cm³/mol. The summed E-state index contributed by atoms with van der Waals surface area (Å²) in [7, 11) is 2.20. The highest BCUT2D eigenvalue weighted by atomic mass is 33.1. The minimum atomic E-state index is -1.52. The highest BCUT2D eigenvalue weighted by Gasteiger charge is 2.49. The van der Waals surface area contributed by atoms with Crippen LogP contribution in [0.5, 0.6) is 0 Å². The third-order valence-corrected chi connectivity index (χ3v) is 7.20. The Bertz CT molecular complexity index is 991. The summed E-state index contributed by atoms with van der Waals surface area (Å²) in [6.07, 6.45) is -0.489. The summed E-state index contributed by atoms with van der Waals surface area (Å²) in [4.78, 5) is 35.1.